The minimum Gasteiger partial charge on any atom is -0.365 e. The number of rotatable bonds is 8. The predicted octanol–water partition coefficient (Wildman–Crippen LogP) is 3.27. The van der Waals surface area contributed by atoms with Crippen LogP contribution in [-0.4, -0.2) is 17.0 Å². The molecule has 0 aromatic rings. The largest absolute Gasteiger partial charge is 0.365 e. The van der Waals surface area contributed by atoms with Gasteiger partial charge in [-0.1, -0.05) is 33.6 Å². The highest BCUT2D eigenvalue weighted by atomic mass is 17.2. The first kappa shape index (κ1) is 14.9. The highest BCUT2D eigenvalue weighted by Crippen LogP contribution is 2.20. The molecule has 92 valence electrons. The van der Waals surface area contributed by atoms with Crippen LogP contribution < -0.4 is 0 Å². The fourth-order valence-electron chi connectivity index (χ4n) is 1.52. The zero-order valence-electron chi connectivity index (χ0n) is 10.7. The van der Waals surface area contributed by atoms with Crippen LogP contribution >= 0.6 is 0 Å². The number of hydrogen-bond donors (Lipinski definition) is 1. The van der Waals surface area contributed by atoms with Crippen molar-refractivity contribution in [3.63, 3.8) is 0 Å². The molecule has 3 heteroatoms. The van der Waals surface area contributed by atoms with Gasteiger partial charge in [-0.3, -0.25) is 0 Å². The minimum atomic E-state index is -0.818. The van der Waals surface area contributed by atoms with Crippen molar-refractivity contribution in [1.29, 1.82) is 0 Å². The van der Waals surface area contributed by atoms with E-state index in [1.54, 1.807) is 0 Å². The van der Waals surface area contributed by atoms with E-state index in [0.29, 0.717) is 0 Å². The van der Waals surface area contributed by atoms with Gasteiger partial charge in [0.25, 0.3) is 0 Å². The first-order valence-electron chi connectivity index (χ1n) is 5.95. The van der Waals surface area contributed by atoms with E-state index in [9.17, 15) is 5.11 Å². The molecule has 0 aliphatic rings. The van der Waals surface area contributed by atoms with Crippen molar-refractivity contribution in [2.75, 3.05) is 0 Å². The Morgan fingerprint density at radius 1 is 1.20 bits per heavy atom. The molecule has 1 N–H and O–H groups in total. The van der Waals surface area contributed by atoms with Crippen LogP contribution in [0.15, 0.2) is 0 Å². The zero-order chi connectivity index (χ0) is 11.9. The maximum atomic E-state index is 9.63. The number of aliphatic hydroxyl groups excluding tert-OH is 1. The summed E-state index contributed by atoms with van der Waals surface area (Å²) in [6.07, 6.45) is 3.12. The van der Waals surface area contributed by atoms with Gasteiger partial charge in [-0.25, -0.2) is 9.78 Å². The van der Waals surface area contributed by atoms with Crippen molar-refractivity contribution in [2.45, 2.75) is 72.2 Å². The topological polar surface area (TPSA) is 38.7 Å². The lowest BCUT2D eigenvalue weighted by atomic mass is 10.0. The Labute approximate surface area is 93.7 Å². The monoisotopic (exact) mass is 218 g/mol. The normalized spacial score (nSPS) is 16.4. The van der Waals surface area contributed by atoms with Gasteiger partial charge < -0.3 is 5.11 Å². The van der Waals surface area contributed by atoms with Gasteiger partial charge in [-0.05, 0) is 26.7 Å². The fourth-order valence-corrected chi connectivity index (χ4v) is 1.52. The number of aliphatic hydroxyl groups is 1. The third-order valence-corrected chi connectivity index (χ3v) is 2.46. The van der Waals surface area contributed by atoms with Crippen molar-refractivity contribution in [2.24, 2.45) is 5.92 Å². The summed E-state index contributed by atoms with van der Waals surface area (Å²) in [6.45, 7) is 10.1. The Hall–Kier alpha value is -0.120. The quantitative estimate of drug-likeness (QED) is 0.386. The van der Waals surface area contributed by atoms with Crippen LogP contribution in [0, 0.1) is 5.92 Å². The molecule has 0 heterocycles. The predicted molar refractivity (Wildman–Crippen MR) is 61.2 cm³/mol. The van der Waals surface area contributed by atoms with Gasteiger partial charge in [0.2, 0.25) is 0 Å². The van der Waals surface area contributed by atoms with Crippen molar-refractivity contribution in [3.8, 4) is 0 Å². The van der Waals surface area contributed by atoms with Crippen LogP contribution in [0.25, 0.3) is 0 Å². The van der Waals surface area contributed by atoms with E-state index in [1.807, 2.05) is 20.8 Å². The minimum absolute atomic E-state index is 0.118. The molecule has 0 aliphatic carbocycles. The van der Waals surface area contributed by atoms with Gasteiger partial charge in [0.15, 0.2) is 6.29 Å². The van der Waals surface area contributed by atoms with Crippen molar-refractivity contribution in [1.82, 2.24) is 0 Å². The molecule has 0 saturated heterocycles. The van der Waals surface area contributed by atoms with Crippen LogP contribution in [-0.2, 0) is 9.78 Å². The summed E-state index contributed by atoms with van der Waals surface area (Å²) in [4.78, 5) is 10.3. The molecule has 0 fully saturated rings. The lowest BCUT2D eigenvalue weighted by Crippen LogP contribution is -2.30. The van der Waals surface area contributed by atoms with Crippen LogP contribution in [0.4, 0.5) is 0 Å². The lowest BCUT2D eigenvalue weighted by Gasteiger charge is -2.26. The van der Waals surface area contributed by atoms with E-state index < -0.39 is 6.29 Å². The van der Waals surface area contributed by atoms with Crippen molar-refractivity contribution in [3.05, 3.63) is 0 Å². The Morgan fingerprint density at radius 3 is 2.27 bits per heavy atom. The molecule has 15 heavy (non-hydrogen) atoms. The van der Waals surface area contributed by atoms with Crippen molar-refractivity contribution >= 4 is 0 Å². The summed E-state index contributed by atoms with van der Waals surface area (Å²) in [5.41, 5.74) is -0.318. The lowest BCUT2D eigenvalue weighted by molar-refractivity contribution is -0.421. The molecule has 0 saturated carbocycles. The summed E-state index contributed by atoms with van der Waals surface area (Å²) < 4.78 is 0. The van der Waals surface area contributed by atoms with Crippen LogP contribution in [0.5, 0.6) is 0 Å². The van der Waals surface area contributed by atoms with Gasteiger partial charge in [-0.15, -0.1) is 0 Å². The van der Waals surface area contributed by atoms with Gasteiger partial charge in [-0.2, -0.15) is 0 Å². The second-order valence-electron chi connectivity index (χ2n) is 4.85. The Kier molecular flexibility index (Phi) is 7.14. The summed E-state index contributed by atoms with van der Waals surface area (Å²) in [6, 6.07) is 0. The maximum absolute atomic E-state index is 9.63. The van der Waals surface area contributed by atoms with E-state index in [4.69, 9.17) is 9.78 Å². The Morgan fingerprint density at radius 2 is 1.80 bits per heavy atom. The van der Waals surface area contributed by atoms with E-state index in [-0.39, 0.29) is 11.5 Å². The summed E-state index contributed by atoms with van der Waals surface area (Å²) in [5.74, 6) is 0.118. The molecule has 0 rings (SSSR count). The molecular formula is C12H26O3. The third kappa shape index (κ3) is 6.88. The van der Waals surface area contributed by atoms with Gasteiger partial charge >= 0.3 is 0 Å². The molecule has 0 radical (unpaired) electrons. The standard InChI is InChI=1S/C12H26O3/c1-6-8-10(3)11(13)14-15-12(4,5)9-7-2/h10-11,13H,6-9H2,1-5H3. The maximum Gasteiger partial charge on any atom is 0.191 e. The molecule has 0 bridgehead atoms. The third-order valence-electron chi connectivity index (χ3n) is 2.46. The highest BCUT2D eigenvalue weighted by molar-refractivity contribution is 4.65. The molecule has 3 nitrogen and oxygen atoms in total. The fraction of sp³-hybridized carbons (Fsp3) is 1.00. The van der Waals surface area contributed by atoms with E-state index in [2.05, 4.69) is 13.8 Å². The molecule has 2 atom stereocenters. The average molecular weight is 218 g/mol. The number of hydrogen-bond acceptors (Lipinski definition) is 3. The van der Waals surface area contributed by atoms with Crippen molar-refractivity contribution < 1.29 is 14.9 Å². The summed E-state index contributed by atoms with van der Waals surface area (Å²) in [5, 5.41) is 9.63. The SMILES string of the molecule is CCCC(C)C(O)OOC(C)(C)CCC. The summed E-state index contributed by atoms with van der Waals surface area (Å²) >= 11 is 0. The molecule has 0 aromatic carbocycles. The average Bonchev–Trinajstić information content (AvgIpc) is 2.14. The van der Waals surface area contributed by atoms with E-state index >= 15 is 0 Å². The van der Waals surface area contributed by atoms with Crippen LogP contribution in [0.3, 0.4) is 0 Å². The molecule has 2 unspecified atom stereocenters. The van der Waals surface area contributed by atoms with Gasteiger partial charge in [0, 0.05) is 5.92 Å². The Bertz CT molecular complexity index is 157. The van der Waals surface area contributed by atoms with Gasteiger partial charge in [0.1, 0.15) is 0 Å². The second kappa shape index (κ2) is 7.20. The first-order valence-corrected chi connectivity index (χ1v) is 5.95. The zero-order valence-corrected chi connectivity index (χ0v) is 10.7. The second-order valence-corrected chi connectivity index (χ2v) is 4.85. The molecule has 0 spiro atoms. The molecular weight excluding hydrogens is 192 g/mol. The summed E-state index contributed by atoms with van der Waals surface area (Å²) in [7, 11) is 0. The van der Waals surface area contributed by atoms with E-state index in [1.165, 1.54) is 0 Å². The van der Waals surface area contributed by atoms with Gasteiger partial charge in [0.05, 0.1) is 5.60 Å². The first-order chi connectivity index (χ1) is 6.93. The van der Waals surface area contributed by atoms with E-state index in [0.717, 1.165) is 25.7 Å². The van der Waals surface area contributed by atoms with Crippen LogP contribution in [0.2, 0.25) is 0 Å². The molecule has 0 aromatic heterocycles. The highest BCUT2D eigenvalue weighted by Gasteiger charge is 2.22. The molecule has 0 aliphatic heterocycles. The van der Waals surface area contributed by atoms with Crippen LogP contribution in [0.1, 0.15) is 60.3 Å². The Balaban J connectivity index is 3.82. The molecule has 0 amide bonds. The smallest absolute Gasteiger partial charge is 0.191 e.